The highest BCUT2D eigenvalue weighted by Crippen LogP contribution is 2.24. The molecule has 0 saturated carbocycles. The van der Waals surface area contributed by atoms with Crippen molar-refractivity contribution in [3.05, 3.63) is 59.7 Å². The molecule has 2 aromatic carbocycles. The van der Waals surface area contributed by atoms with Crippen LogP contribution in [0, 0.1) is 0 Å². The van der Waals surface area contributed by atoms with Crippen LogP contribution in [0.15, 0.2) is 53.7 Å². The van der Waals surface area contributed by atoms with Crippen LogP contribution in [0.5, 0.6) is 0 Å². The molecule has 20 heavy (non-hydrogen) atoms. The molecule has 1 aromatic heterocycles. The van der Waals surface area contributed by atoms with Crippen molar-refractivity contribution in [1.82, 2.24) is 9.97 Å². The van der Waals surface area contributed by atoms with Crippen LogP contribution < -0.4 is 0 Å². The van der Waals surface area contributed by atoms with Gasteiger partial charge in [-0.3, -0.25) is 0 Å². The van der Waals surface area contributed by atoms with Crippen LogP contribution in [-0.2, 0) is 5.75 Å². The number of imidazole rings is 1. The number of hydrogen-bond acceptors (Lipinski definition) is 2. The molecular formula is C17H18N2S. The van der Waals surface area contributed by atoms with Crippen LogP contribution in [0.2, 0.25) is 0 Å². The fourth-order valence-electron chi connectivity index (χ4n) is 2.15. The van der Waals surface area contributed by atoms with E-state index in [1.807, 2.05) is 18.2 Å². The van der Waals surface area contributed by atoms with Gasteiger partial charge in [0.05, 0.1) is 11.0 Å². The van der Waals surface area contributed by atoms with E-state index in [9.17, 15) is 0 Å². The highest BCUT2D eigenvalue weighted by molar-refractivity contribution is 7.98. The van der Waals surface area contributed by atoms with Crippen LogP contribution >= 0.6 is 11.8 Å². The van der Waals surface area contributed by atoms with Gasteiger partial charge in [0.1, 0.15) is 0 Å². The second-order valence-electron chi connectivity index (χ2n) is 5.24. The van der Waals surface area contributed by atoms with Crippen LogP contribution in [0.3, 0.4) is 0 Å². The number of fused-ring (bicyclic) bond motifs is 1. The molecule has 0 radical (unpaired) electrons. The number of H-pyrrole nitrogens is 1. The van der Waals surface area contributed by atoms with Crippen LogP contribution in [-0.4, -0.2) is 9.97 Å². The number of hydrogen-bond donors (Lipinski definition) is 1. The molecule has 0 aliphatic heterocycles. The zero-order chi connectivity index (χ0) is 13.9. The van der Waals surface area contributed by atoms with E-state index in [1.165, 1.54) is 11.1 Å². The highest BCUT2D eigenvalue weighted by Gasteiger charge is 2.04. The average molecular weight is 282 g/mol. The number of benzene rings is 2. The second-order valence-corrected chi connectivity index (χ2v) is 6.21. The molecule has 3 aromatic rings. The van der Waals surface area contributed by atoms with E-state index in [0.717, 1.165) is 21.9 Å². The Morgan fingerprint density at radius 2 is 1.80 bits per heavy atom. The van der Waals surface area contributed by atoms with Crippen LogP contribution in [0.1, 0.15) is 30.9 Å². The van der Waals surface area contributed by atoms with Gasteiger partial charge in [-0.25, -0.2) is 4.98 Å². The molecule has 0 amide bonds. The van der Waals surface area contributed by atoms with Crippen molar-refractivity contribution in [3.63, 3.8) is 0 Å². The van der Waals surface area contributed by atoms with E-state index in [0.29, 0.717) is 5.92 Å². The van der Waals surface area contributed by atoms with E-state index in [2.05, 4.69) is 54.1 Å². The summed E-state index contributed by atoms with van der Waals surface area (Å²) in [6.45, 7) is 4.44. The first kappa shape index (κ1) is 13.3. The van der Waals surface area contributed by atoms with E-state index in [1.54, 1.807) is 11.8 Å². The number of aromatic nitrogens is 2. The molecule has 1 heterocycles. The quantitative estimate of drug-likeness (QED) is 0.684. The summed E-state index contributed by atoms with van der Waals surface area (Å²) in [5, 5.41) is 0.985. The Kier molecular flexibility index (Phi) is 3.79. The van der Waals surface area contributed by atoms with Crippen LogP contribution in [0.25, 0.3) is 11.0 Å². The van der Waals surface area contributed by atoms with Gasteiger partial charge in [-0.1, -0.05) is 62.0 Å². The van der Waals surface area contributed by atoms with Crippen molar-refractivity contribution >= 4 is 22.8 Å². The third-order valence-corrected chi connectivity index (χ3v) is 4.33. The van der Waals surface area contributed by atoms with Gasteiger partial charge in [-0.2, -0.15) is 0 Å². The van der Waals surface area contributed by atoms with Crippen molar-refractivity contribution < 1.29 is 0 Å². The Morgan fingerprint density at radius 3 is 2.50 bits per heavy atom. The van der Waals surface area contributed by atoms with Crippen molar-refractivity contribution in [2.75, 3.05) is 0 Å². The highest BCUT2D eigenvalue weighted by atomic mass is 32.2. The predicted molar refractivity (Wildman–Crippen MR) is 86.2 cm³/mol. The second kappa shape index (κ2) is 5.71. The Morgan fingerprint density at radius 1 is 1.05 bits per heavy atom. The number of rotatable bonds is 4. The standard InChI is InChI=1S/C17H18N2S/c1-12(2)14-9-7-13(8-10-14)11-20-17-18-15-5-3-4-6-16(15)19-17/h3-10,12H,11H2,1-2H3,(H,18,19). The molecule has 102 valence electrons. The number of para-hydroxylation sites is 2. The number of thioether (sulfide) groups is 1. The monoisotopic (exact) mass is 282 g/mol. The third kappa shape index (κ3) is 2.88. The number of nitrogens with zero attached hydrogens (tertiary/aromatic N) is 1. The van der Waals surface area contributed by atoms with Gasteiger partial charge in [0.2, 0.25) is 0 Å². The first-order valence-electron chi connectivity index (χ1n) is 6.89. The zero-order valence-electron chi connectivity index (χ0n) is 11.8. The molecule has 0 unspecified atom stereocenters. The first-order chi connectivity index (χ1) is 9.72. The molecule has 0 aliphatic rings. The molecule has 2 nitrogen and oxygen atoms in total. The molecule has 0 saturated heterocycles. The fraction of sp³-hybridized carbons (Fsp3) is 0.235. The Labute approximate surface area is 123 Å². The largest absolute Gasteiger partial charge is 0.333 e. The van der Waals surface area contributed by atoms with E-state index in [4.69, 9.17) is 0 Å². The predicted octanol–water partition coefficient (Wildman–Crippen LogP) is 4.98. The van der Waals surface area contributed by atoms with Gasteiger partial charge in [0.25, 0.3) is 0 Å². The number of aromatic amines is 1. The van der Waals surface area contributed by atoms with Crippen molar-refractivity contribution in [2.45, 2.75) is 30.7 Å². The lowest BCUT2D eigenvalue weighted by molar-refractivity contribution is 0.866. The van der Waals surface area contributed by atoms with E-state index < -0.39 is 0 Å². The molecule has 0 atom stereocenters. The maximum absolute atomic E-state index is 4.58. The fourth-order valence-corrected chi connectivity index (χ4v) is 2.99. The number of nitrogens with one attached hydrogen (secondary N) is 1. The molecular weight excluding hydrogens is 264 g/mol. The summed E-state index contributed by atoms with van der Waals surface area (Å²) in [7, 11) is 0. The van der Waals surface area contributed by atoms with Crippen molar-refractivity contribution in [1.29, 1.82) is 0 Å². The Balaban J connectivity index is 1.69. The minimum Gasteiger partial charge on any atom is -0.333 e. The molecule has 3 heteroatoms. The summed E-state index contributed by atoms with van der Waals surface area (Å²) in [4.78, 5) is 7.93. The van der Waals surface area contributed by atoms with Crippen molar-refractivity contribution in [2.24, 2.45) is 0 Å². The molecule has 0 aliphatic carbocycles. The summed E-state index contributed by atoms with van der Waals surface area (Å²) >= 11 is 1.75. The Bertz CT molecular complexity index is 665. The van der Waals surface area contributed by atoms with Gasteiger partial charge in [-0.15, -0.1) is 0 Å². The molecule has 3 rings (SSSR count). The third-order valence-electron chi connectivity index (χ3n) is 3.39. The molecule has 0 spiro atoms. The maximum Gasteiger partial charge on any atom is 0.166 e. The summed E-state index contributed by atoms with van der Waals surface area (Å²) < 4.78 is 0. The van der Waals surface area contributed by atoms with Gasteiger partial charge in [0.15, 0.2) is 5.16 Å². The lowest BCUT2D eigenvalue weighted by Gasteiger charge is -2.06. The maximum atomic E-state index is 4.58. The summed E-state index contributed by atoms with van der Waals surface area (Å²) in [6, 6.07) is 17.0. The molecule has 0 fully saturated rings. The topological polar surface area (TPSA) is 28.7 Å². The van der Waals surface area contributed by atoms with E-state index in [-0.39, 0.29) is 0 Å². The minimum absolute atomic E-state index is 0.590. The summed E-state index contributed by atoms with van der Waals surface area (Å²) in [5.74, 6) is 1.53. The van der Waals surface area contributed by atoms with E-state index >= 15 is 0 Å². The van der Waals surface area contributed by atoms with Gasteiger partial charge in [-0.05, 0) is 29.2 Å². The van der Waals surface area contributed by atoms with Gasteiger partial charge in [0, 0.05) is 5.75 Å². The molecule has 0 bridgehead atoms. The SMILES string of the molecule is CC(C)c1ccc(CSc2nc3ccccc3[nH]2)cc1. The van der Waals surface area contributed by atoms with Gasteiger partial charge >= 0.3 is 0 Å². The minimum atomic E-state index is 0.590. The summed E-state index contributed by atoms with van der Waals surface area (Å²) in [6.07, 6.45) is 0. The molecule has 1 N–H and O–H groups in total. The Hall–Kier alpha value is -1.74. The van der Waals surface area contributed by atoms with Gasteiger partial charge < -0.3 is 4.98 Å². The normalized spacial score (nSPS) is 11.3. The smallest absolute Gasteiger partial charge is 0.166 e. The lowest BCUT2D eigenvalue weighted by Crippen LogP contribution is -1.88. The van der Waals surface area contributed by atoms with Crippen molar-refractivity contribution in [3.8, 4) is 0 Å². The first-order valence-corrected chi connectivity index (χ1v) is 7.87. The zero-order valence-corrected chi connectivity index (χ0v) is 12.6. The van der Waals surface area contributed by atoms with Crippen LogP contribution in [0.4, 0.5) is 0 Å². The summed E-state index contributed by atoms with van der Waals surface area (Å²) in [5.41, 5.74) is 4.86. The average Bonchev–Trinajstić information content (AvgIpc) is 2.88. The lowest BCUT2D eigenvalue weighted by atomic mass is 10.0.